The van der Waals surface area contributed by atoms with Gasteiger partial charge < -0.3 is 0 Å². The highest BCUT2D eigenvalue weighted by Gasteiger charge is 1.62. The second-order valence-electron chi connectivity index (χ2n) is 0.268. The summed E-state index contributed by atoms with van der Waals surface area (Å²) in [5.41, 5.74) is 0. The molecule has 28 valence electrons. The Labute approximate surface area is 43.1 Å². The minimum Gasteiger partial charge on any atom is -0.115 e. The molecule has 0 nitrogen and oxygen atoms in total. The number of hydrogen-bond donors (Lipinski definition) is 4. The van der Waals surface area contributed by atoms with Gasteiger partial charge in [-0.2, -0.15) is 0 Å². The molecular formula is H4S4. The zero-order chi connectivity index (χ0) is 3.58. The van der Waals surface area contributed by atoms with Gasteiger partial charge in [0.2, 0.25) is 0 Å². The molecule has 0 aromatic rings. The van der Waals surface area contributed by atoms with Gasteiger partial charge >= 0.3 is 0 Å². The molecule has 4 heteroatoms. The van der Waals surface area contributed by atoms with Crippen LogP contribution in [0.15, 0.2) is 0 Å². The zero-order valence-electron chi connectivity index (χ0n) is 1.79. The van der Waals surface area contributed by atoms with Gasteiger partial charge in [-0.05, 0) is 0 Å². The molecule has 0 radical (unpaired) electrons. The van der Waals surface area contributed by atoms with Gasteiger partial charge in [-0.15, -0.1) is 43.0 Å². The third-order valence-corrected chi connectivity index (χ3v) is 0. The van der Waals surface area contributed by atoms with Gasteiger partial charge in [0.25, 0.3) is 0 Å². The van der Waals surface area contributed by atoms with Crippen molar-refractivity contribution in [3.8, 4) is 0 Å². The second-order valence-corrected chi connectivity index (χ2v) is 7.24. The van der Waals surface area contributed by atoms with E-state index in [1.54, 1.807) is 0 Å². The Morgan fingerprint density at radius 2 is 1.00 bits per heavy atom. The van der Waals surface area contributed by atoms with Gasteiger partial charge in [-0.25, -0.2) is 0 Å². The molecule has 0 fully saturated rings. The third-order valence-electron chi connectivity index (χ3n) is 0. The van der Waals surface area contributed by atoms with Gasteiger partial charge in [0.1, 0.15) is 0 Å². The lowest BCUT2D eigenvalue weighted by Gasteiger charge is -1.85. The fourth-order valence-corrected chi connectivity index (χ4v) is 0. The summed E-state index contributed by atoms with van der Waals surface area (Å²) < 4.78 is 0. The molecule has 0 atom stereocenters. The largest absolute Gasteiger partial charge is 0.115 e. The highest BCUT2D eigenvalue weighted by molar-refractivity contribution is 9.32. The van der Waals surface area contributed by atoms with Crippen molar-refractivity contribution < 1.29 is 0 Å². The highest BCUT2D eigenvalue weighted by Crippen LogP contribution is 2.38. The normalized spacial score (nSPS) is 11.2. The summed E-state index contributed by atoms with van der Waals surface area (Å²) in [5.74, 6) is 0. The lowest BCUT2D eigenvalue weighted by Crippen LogP contribution is -1.08. The summed E-state index contributed by atoms with van der Waals surface area (Å²) in [6, 6.07) is 0. The van der Waals surface area contributed by atoms with E-state index < -0.39 is 7.99 Å². The van der Waals surface area contributed by atoms with Crippen LogP contribution in [0.2, 0.25) is 0 Å². The molecular weight excluding hydrogens is 128 g/mol. The van der Waals surface area contributed by atoms with Gasteiger partial charge in [0, 0.05) is 0 Å². The topological polar surface area (TPSA) is 0 Å². The Morgan fingerprint density at radius 3 is 1.00 bits per heavy atom. The van der Waals surface area contributed by atoms with Crippen LogP contribution in [0.3, 0.4) is 0 Å². The molecule has 0 amide bonds. The average molecular weight is 132 g/mol. The summed E-state index contributed by atoms with van der Waals surface area (Å²) >= 11 is 11.3. The molecule has 0 aromatic heterocycles. The number of rotatable bonds is 0. The van der Waals surface area contributed by atoms with Crippen LogP contribution in [0.5, 0.6) is 0 Å². The van der Waals surface area contributed by atoms with Crippen molar-refractivity contribution in [3.05, 3.63) is 0 Å². The molecule has 0 aliphatic carbocycles. The van der Waals surface area contributed by atoms with Crippen molar-refractivity contribution >= 4 is 43.0 Å². The van der Waals surface area contributed by atoms with Crippen molar-refractivity contribution in [2.75, 3.05) is 0 Å². The summed E-state index contributed by atoms with van der Waals surface area (Å²) in [6.45, 7) is 0. The van der Waals surface area contributed by atoms with Gasteiger partial charge in [0.15, 0.2) is 0 Å². The Kier molecular flexibility index (Phi) is 3.55. The minimum atomic E-state index is -0.537. The Bertz CT molecular complexity index is 4.75. The van der Waals surface area contributed by atoms with Crippen LogP contribution in [0.25, 0.3) is 0 Å². The van der Waals surface area contributed by atoms with Gasteiger partial charge in [-0.3, -0.25) is 0 Å². The summed E-state index contributed by atoms with van der Waals surface area (Å²) in [7, 11) is -0.537. The second kappa shape index (κ2) is 2.63. The van der Waals surface area contributed by atoms with Crippen molar-refractivity contribution in [2.45, 2.75) is 0 Å². The molecule has 0 saturated carbocycles. The molecule has 0 N–H and O–H groups in total. The van der Waals surface area contributed by atoms with Crippen molar-refractivity contribution in [3.63, 3.8) is 0 Å². The predicted molar refractivity (Wildman–Crippen MR) is 35.9 cm³/mol. The van der Waals surface area contributed by atoms with E-state index in [1.807, 2.05) is 0 Å². The molecule has 4 heavy (non-hydrogen) atoms. The fraction of sp³-hybridized carbons (Fsp3) is 0. The van der Waals surface area contributed by atoms with Crippen LogP contribution < -0.4 is 0 Å². The zero-order valence-corrected chi connectivity index (χ0v) is 5.37. The monoisotopic (exact) mass is 132 g/mol. The van der Waals surface area contributed by atoms with Crippen molar-refractivity contribution in [1.82, 2.24) is 0 Å². The molecule has 0 saturated heterocycles. The number of thiol groups is 4. The summed E-state index contributed by atoms with van der Waals surface area (Å²) in [6.07, 6.45) is 0. The Morgan fingerprint density at radius 1 is 1.00 bits per heavy atom. The predicted octanol–water partition coefficient (Wildman–Crippen LogP) is 1.52. The van der Waals surface area contributed by atoms with E-state index in [9.17, 15) is 0 Å². The fourth-order valence-electron chi connectivity index (χ4n) is 0. The van der Waals surface area contributed by atoms with E-state index >= 15 is 0 Å². The third kappa shape index (κ3) is 9.99. The van der Waals surface area contributed by atoms with E-state index in [0.29, 0.717) is 0 Å². The smallest absolute Gasteiger partial charge is 0.115 e. The first kappa shape index (κ1) is 5.40. The average Bonchev–Trinajstić information content (AvgIpc) is 0.811. The van der Waals surface area contributed by atoms with Gasteiger partial charge in [0.05, 0.1) is 0 Å². The summed E-state index contributed by atoms with van der Waals surface area (Å²) in [5, 5.41) is 0. The van der Waals surface area contributed by atoms with Crippen molar-refractivity contribution in [1.29, 1.82) is 0 Å². The van der Waals surface area contributed by atoms with Crippen LogP contribution >= 0.6 is 43.0 Å². The molecule has 0 aliphatic heterocycles. The van der Waals surface area contributed by atoms with E-state index in [0.717, 1.165) is 0 Å². The molecule has 0 rings (SSSR count). The maximum Gasteiger partial charge on any atom is -0.115 e. The number of hydrogen-bond acceptors (Lipinski definition) is 3. The van der Waals surface area contributed by atoms with Crippen molar-refractivity contribution in [2.24, 2.45) is 0 Å². The first-order chi connectivity index (χ1) is 1.73. The van der Waals surface area contributed by atoms with E-state index in [2.05, 4.69) is 35.0 Å². The standard InChI is InChI=1S/H4S4/c1-4(2)3/h1-4H. The Balaban J connectivity index is 2.32. The minimum absolute atomic E-state index is 0.537. The molecule has 0 bridgehead atoms. The van der Waals surface area contributed by atoms with Crippen LogP contribution in [-0.4, -0.2) is 0 Å². The Hall–Kier alpha value is 1.40. The maximum atomic E-state index is 3.76. The SMILES string of the molecule is S[SH](S)S. The molecule has 0 aliphatic rings. The first-order valence-corrected chi connectivity index (χ1v) is 5.40. The lowest BCUT2D eigenvalue weighted by molar-refractivity contribution is 5.86. The van der Waals surface area contributed by atoms with E-state index in [-0.39, 0.29) is 0 Å². The molecule has 0 unspecified atom stereocenters. The van der Waals surface area contributed by atoms with E-state index in [4.69, 9.17) is 0 Å². The molecule has 0 spiro atoms. The maximum absolute atomic E-state index is 3.76. The molecule has 0 heterocycles. The van der Waals surface area contributed by atoms with Gasteiger partial charge in [-0.1, -0.05) is 0 Å². The van der Waals surface area contributed by atoms with Crippen LogP contribution in [0, 0.1) is 0 Å². The summed E-state index contributed by atoms with van der Waals surface area (Å²) in [4.78, 5) is 0. The lowest BCUT2D eigenvalue weighted by atomic mass is 30.3. The van der Waals surface area contributed by atoms with Crippen LogP contribution in [-0.2, 0) is 0 Å². The van der Waals surface area contributed by atoms with Crippen LogP contribution in [0.4, 0.5) is 0 Å². The highest BCUT2D eigenvalue weighted by atomic mass is 33.8. The quantitative estimate of drug-likeness (QED) is 0.279. The van der Waals surface area contributed by atoms with E-state index in [1.165, 1.54) is 0 Å². The molecule has 0 aromatic carbocycles. The van der Waals surface area contributed by atoms with Crippen LogP contribution in [0.1, 0.15) is 0 Å². The first-order valence-electron chi connectivity index (χ1n) is 0.600.